The van der Waals surface area contributed by atoms with Crippen LogP contribution in [0.2, 0.25) is 0 Å². The van der Waals surface area contributed by atoms with Crippen molar-refractivity contribution in [2.45, 2.75) is 23.3 Å². The van der Waals surface area contributed by atoms with E-state index in [1.165, 1.54) is 11.8 Å². The molecule has 2 amide bonds. The summed E-state index contributed by atoms with van der Waals surface area (Å²) < 4.78 is 10.8. The zero-order chi connectivity index (χ0) is 22.7. The van der Waals surface area contributed by atoms with Gasteiger partial charge in [-0.05, 0) is 49.4 Å². The number of hydrogen-bond donors (Lipinski definition) is 1. The fourth-order valence-electron chi connectivity index (χ4n) is 3.75. The molecule has 1 aliphatic heterocycles. The first-order chi connectivity index (χ1) is 15.6. The largest absolute Gasteiger partial charge is 0.496 e. The number of carbonyl (C=O) groups excluding carboxylic acids is 2. The van der Waals surface area contributed by atoms with Gasteiger partial charge in [0.15, 0.2) is 0 Å². The van der Waals surface area contributed by atoms with Crippen molar-refractivity contribution >= 4 is 29.3 Å². The summed E-state index contributed by atoms with van der Waals surface area (Å²) >= 11 is 1.54. The zero-order valence-corrected chi connectivity index (χ0v) is 19.0. The Labute approximate surface area is 191 Å². The number of ether oxygens (including phenoxy) is 2. The van der Waals surface area contributed by atoms with Crippen LogP contribution in [0.3, 0.4) is 0 Å². The van der Waals surface area contributed by atoms with Gasteiger partial charge in [-0.25, -0.2) is 0 Å². The molecule has 0 atom stereocenters. The Morgan fingerprint density at radius 2 is 1.69 bits per heavy atom. The Kier molecular flexibility index (Phi) is 6.37. The van der Waals surface area contributed by atoms with Gasteiger partial charge in [0.2, 0.25) is 0 Å². The van der Waals surface area contributed by atoms with Crippen molar-refractivity contribution in [3.8, 4) is 11.5 Å². The first-order valence-electron chi connectivity index (χ1n) is 10.3. The molecule has 0 bridgehead atoms. The third-order valence-electron chi connectivity index (χ3n) is 5.37. The molecule has 7 heteroatoms. The normalized spacial score (nSPS) is 12.5. The first-order valence-corrected chi connectivity index (χ1v) is 11.1. The fraction of sp³-hybridized carbons (Fsp3) is 0.200. The highest BCUT2D eigenvalue weighted by Gasteiger charge is 2.27. The average molecular weight is 449 g/mol. The number of rotatable bonds is 6. The topological polar surface area (TPSA) is 67.9 Å². The summed E-state index contributed by atoms with van der Waals surface area (Å²) in [7, 11) is 3.16. The summed E-state index contributed by atoms with van der Waals surface area (Å²) in [5.74, 6) is 0.980. The number of benzene rings is 3. The molecule has 0 fully saturated rings. The molecule has 32 heavy (non-hydrogen) atoms. The first kappa shape index (κ1) is 21.8. The molecule has 164 valence electrons. The molecule has 0 aliphatic carbocycles. The maximum atomic E-state index is 13.1. The second-order valence-electron chi connectivity index (χ2n) is 7.15. The Hall–Kier alpha value is -3.45. The number of anilines is 1. The number of amides is 2. The molecular weight excluding hydrogens is 424 g/mol. The summed E-state index contributed by atoms with van der Waals surface area (Å²) in [6.45, 7) is 2.69. The second kappa shape index (κ2) is 9.36. The minimum Gasteiger partial charge on any atom is -0.496 e. The SMILES string of the molecule is CCN1C(=O)c2ccccc2Sc2ccc(C(=O)NCc3c(OC)cccc3OC)cc21. The molecular formula is C25H24N2O4S. The lowest BCUT2D eigenvalue weighted by Gasteiger charge is -2.22. The van der Waals surface area contributed by atoms with Gasteiger partial charge in [-0.2, -0.15) is 0 Å². The van der Waals surface area contributed by atoms with Crippen LogP contribution >= 0.6 is 11.8 Å². The van der Waals surface area contributed by atoms with E-state index < -0.39 is 0 Å². The van der Waals surface area contributed by atoms with Crippen LogP contribution in [0.25, 0.3) is 0 Å². The molecule has 6 nitrogen and oxygen atoms in total. The fourth-order valence-corrected chi connectivity index (χ4v) is 4.81. The van der Waals surface area contributed by atoms with Gasteiger partial charge in [-0.1, -0.05) is 30.0 Å². The monoisotopic (exact) mass is 448 g/mol. The molecule has 3 aromatic carbocycles. The van der Waals surface area contributed by atoms with E-state index in [2.05, 4.69) is 5.32 Å². The van der Waals surface area contributed by atoms with Gasteiger partial charge in [-0.15, -0.1) is 0 Å². The number of methoxy groups -OCH3 is 2. The molecule has 1 heterocycles. The molecule has 0 saturated heterocycles. The average Bonchev–Trinajstić information content (AvgIpc) is 2.95. The highest BCUT2D eigenvalue weighted by atomic mass is 32.2. The van der Waals surface area contributed by atoms with E-state index in [4.69, 9.17) is 9.47 Å². The van der Waals surface area contributed by atoms with E-state index in [-0.39, 0.29) is 18.4 Å². The minimum atomic E-state index is -0.240. The quantitative estimate of drug-likeness (QED) is 0.589. The van der Waals surface area contributed by atoms with Gasteiger partial charge in [0.05, 0.1) is 37.6 Å². The van der Waals surface area contributed by atoms with Gasteiger partial charge >= 0.3 is 0 Å². The van der Waals surface area contributed by atoms with Crippen LogP contribution in [0.4, 0.5) is 5.69 Å². The highest BCUT2D eigenvalue weighted by Crippen LogP contribution is 2.41. The van der Waals surface area contributed by atoms with Gasteiger partial charge in [-0.3, -0.25) is 9.59 Å². The molecule has 4 rings (SSSR count). The van der Waals surface area contributed by atoms with Gasteiger partial charge in [0.1, 0.15) is 11.5 Å². The highest BCUT2D eigenvalue weighted by molar-refractivity contribution is 7.99. The predicted molar refractivity (Wildman–Crippen MR) is 125 cm³/mol. The molecule has 1 aliphatic rings. The Morgan fingerprint density at radius 3 is 2.38 bits per heavy atom. The summed E-state index contributed by atoms with van der Waals surface area (Å²) in [6.07, 6.45) is 0. The van der Waals surface area contributed by atoms with E-state index in [9.17, 15) is 9.59 Å². The van der Waals surface area contributed by atoms with Crippen LogP contribution in [-0.4, -0.2) is 32.6 Å². The van der Waals surface area contributed by atoms with E-state index in [0.29, 0.717) is 29.2 Å². The van der Waals surface area contributed by atoms with Crippen molar-refractivity contribution in [3.05, 3.63) is 77.4 Å². The standard InChI is InChI=1S/C25H24N2O4S/c1-4-27-19-14-16(12-13-23(19)32-22-11-6-5-8-17(22)25(27)29)24(28)26-15-18-20(30-2)9-7-10-21(18)31-3/h5-14H,4,15H2,1-3H3,(H,26,28). The van der Waals surface area contributed by atoms with Crippen molar-refractivity contribution in [1.29, 1.82) is 0 Å². The summed E-state index contributed by atoms with van der Waals surface area (Å²) in [4.78, 5) is 29.7. The lowest BCUT2D eigenvalue weighted by atomic mass is 10.1. The summed E-state index contributed by atoms with van der Waals surface area (Å²) in [6, 6.07) is 18.5. The van der Waals surface area contributed by atoms with Crippen LogP contribution in [0.15, 0.2) is 70.5 Å². The van der Waals surface area contributed by atoms with Crippen LogP contribution in [0.5, 0.6) is 11.5 Å². The number of nitrogens with one attached hydrogen (secondary N) is 1. The molecule has 0 spiro atoms. The van der Waals surface area contributed by atoms with Crippen molar-refractivity contribution in [2.75, 3.05) is 25.7 Å². The lowest BCUT2D eigenvalue weighted by Crippen LogP contribution is -2.31. The molecule has 1 N–H and O–H groups in total. The van der Waals surface area contributed by atoms with E-state index >= 15 is 0 Å². The maximum absolute atomic E-state index is 13.1. The van der Waals surface area contributed by atoms with Gasteiger partial charge in [0, 0.05) is 21.9 Å². The van der Waals surface area contributed by atoms with Crippen LogP contribution < -0.4 is 19.7 Å². The van der Waals surface area contributed by atoms with Crippen molar-refractivity contribution in [1.82, 2.24) is 5.32 Å². The molecule has 0 aromatic heterocycles. The number of hydrogen-bond acceptors (Lipinski definition) is 5. The second-order valence-corrected chi connectivity index (χ2v) is 8.24. The Morgan fingerprint density at radius 1 is 0.969 bits per heavy atom. The van der Waals surface area contributed by atoms with E-state index in [1.807, 2.05) is 55.5 Å². The molecule has 0 saturated carbocycles. The van der Waals surface area contributed by atoms with E-state index in [0.717, 1.165) is 21.0 Å². The van der Waals surface area contributed by atoms with Crippen LogP contribution in [0.1, 0.15) is 33.2 Å². The van der Waals surface area contributed by atoms with Crippen molar-refractivity contribution in [2.24, 2.45) is 0 Å². The smallest absolute Gasteiger partial charge is 0.259 e. The molecule has 3 aromatic rings. The lowest BCUT2D eigenvalue weighted by molar-refractivity contribution is 0.0947. The van der Waals surface area contributed by atoms with Gasteiger partial charge < -0.3 is 19.7 Å². The third kappa shape index (κ3) is 4.03. The maximum Gasteiger partial charge on any atom is 0.259 e. The number of nitrogens with zero attached hydrogens (tertiary/aromatic N) is 1. The molecule has 0 unspecified atom stereocenters. The van der Waals surface area contributed by atoms with Crippen LogP contribution in [0, 0.1) is 0 Å². The zero-order valence-electron chi connectivity index (χ0n) is 18.2. The Balaban J connectivity index is 1.62. The number of fused-ring (bicyclic) bond motifs is 2. The van der Waals surface area contributed by atoms with Crippen molar-refractivity contribution < 1.29 is 19.1 Å². The Bertz CT molecular complexity index is 1160. The summed E-state index contributed by atoms with van der Waals surface area (Å²) in [5, 5.41) is 2.94. The minimum absolute atomic E-state index is 0.0642. The van der Waals surface area contributed by atoms with E-state index in [1.54, 1.807) is 31.3 Å². The predicted octanol–water partition coefficient (Wildman–Crippen LogP) is 4.77. The van der Waals surface area contributed by atoms with Gasteiger partial charge in [0.25, 0.3) is 11.8 Å². The third-order valence-corrected chi connectivity index (χ3v) is 6.51. The van der Waals surface area contributed by atoms with Crippen LogP contribution in [-0.2, 0) is 6.54 Å². The summed E-state index contributed by atoms with van der Waals surface area (Å²) in [5.41, 5.74) is 2.65. The molecule has 0 radical (unpaired) electrons. The number of carbonyl (C=O) groups is 2. The van der Waals surface area contributed by atoms with Crippen molar-refractivity contribution in [3.63, 3.8) is 0 Å².